The van der Waals surface area contributed by atoms with E-state index >= 15 is 0 Å². The summed E-state index contributed by atoms with van der Waals surface area (Å²) in [7, 11) is 2.46. The van der Waals surface area contributed by atoms with Crippen LogP contribution in [0.1, 0.15) is 51.6 Å². The molecule has 0 heterocycles. The van der Waals surface area contributed by atoms with Crippen molar-refractivity contribution in [2.45, 2.75) is 26.7 Å². The lowest BCUT2D eigenvalue weighted by Crippen LogP contribution is -2.21. The van der Waals surface area contributed by atoms with Gasteiger partial charge in [0.2, 0.25) is 0 Å². The summed E-state index contributed by atoms with van der Waals surface area (Å²) in [5, 5.41) is 2.63. The highest BCUT2D eigenvalue weighted by atomic mass is 16.5. The molecule has 0 aromatic heterocycles. The zero-order chi connectivity index (χ0) is 21.6. The number of carbonyl (C=O) groups excluding carboxylic acids is 3. The highest BCUT2D eigenvalue weighted by Crippen LogP contribution is 2.27. The fraction of sp³-hybridized carbons (Fsp3) is 0.318. The highest BCUT2D eigenvalue weighted by Gasteiger charge is 2.16. The lowest BCUT2D eigenvalue weighted by Gasteiger charge is -2.15. The van der Waals surface area contributed by atoms with E-state index in [-0.39, 0.29) is 29.3 Å². The van der Waals surface area contributed by atoms with Crippen LogP contribution in [0.25, 0.3) is 0 Å². The van der Waals surface area contributed by atoms with Crippen LogP contribution in [0.15, 0.2) is 36.4 Å². The first kappa shape index (κ1) is 21.9. The number of rotatable bonds is 7. The lowest BCUT2D eigenvalue weighted by atomic mass is 10.0. The number of aryl methyl sites for hydroxylation is 1. The first-order valence-corrected chi connectivity index (χ1v) is 9.10. The molecule has 0 saturated heterocycles. The molecule has 154 valence electrons. The number of hydrogen-bond acceptors (Lipinski definition) is 6. The van der Waals surface area contributed by atoms with Gasteiger partial charge in [0.1, 0.15) is 5.75 Å². The van der Waals surface area contributed by atoms with Gasteiger partial charge >= 0.3 is 11.9 Å². The summed E-state index contributed by atoms with van der Waals surface area (Å²) < 4.78 is 15.1. The maximum Gasteiger partial charge on any atom is 0.337 e. The number of hydrogen-bond donors (Lipinski definition) is 1. The minimum atomic E-state index is -0.635. The van der Waals surface area contributed by atoms with Crippen molar-refractivity contribution in [1.82, 2.24) is 0 Å². The topological polar surface area (TPSA) is 90.9 Å². The van der Waals surface area contributed by atoms with Crippen molar-refractivity contribution in [2.75, 3.05) is 26.1 Å². The number of anilines is 1. The van der Waals surface area contributed by atoms with Crippen LogP contribution in [0.5, 0.6) is 5.75 Å². The third-order valence-corrected chi connectivity index (χ3v) is 4.21. The number of carbonyl (C=O) groups is 3. The van der Waals surface area contributed by atoms with Gasteiger partial charge in [-0.3, -0.25) is 4.79 Å². The minimum Gasteiger partial charge on any atom is -0.483 e. The summed E-state index contributed by atoms with van der Waals surface area (Å²) >= 11 is 0. The Hall–Kier alpha value is -3.35. The molecule has 0 bridgehead atoms. The minimum absolute atomic E-state index is 0.118. The maximum atomic E-state index is 12.4. The molecule has 29 heavy (non-hydrogen) atoms. The summed E-state index contributed by atoms with van der Waals surface area (Å²) in [6, 6.07) is 10.0. The van der Waals surface area contributed by atoms with Gasteiger partial charge < -0.3 is 19.5 Å². The molecule has 2 aromatic carbocycles. The van der Waals surface area contributed by atoms with E-state index in [4.69, 9.17) is 4.74 Å². The van der Waals surface area contributed by atoms with Crippen LogP contribution < -0.4 is 10.1 Å². The van der Waals surface area contributed by atoms with Gasteiger partial charge in [-0.05, 0) is 48.2 Å². The van der Waals surface area contributed by atoms with E-state index in [1.165, 1.54) is 32.4 Å². The van der Waals surface area contributed by atoms with E-state index in [1.54, 1.807) is 0 Å². The fourth-order valence-corrected chi connectivity index (χ4v) is 2.76. The van der Waals surface area contributed by atoms with E-state index in [2.05, 4.69) is 14.8 Å². The first-order valence-electron chi connectivity index (χ1n) is 9.10. The van der Waals surface area contributed by atoms with Crippen molar-refractivity contribution in [3.8, 4) is 5.75 Å². The average Bonchev–Trinajstić information content (AvgIpc) is 2.70. The molecule has 0 unspecified atom stereocenters. The number of methoxy groups -OCH3 is 2. The van der Waals surface area contributed by atoms with Crippen LogP contribution in [0.3, 0.4) is 0 Å². The zero-order valence-corrected chi connectivity index (χ0v) is 17.2. The van der Waals surface area contributed by atoms with Gasteiger partial charge in [-0.1, -0.05) is 26.0 Å². The molecule has 2 aromatic rings. The van der Waals surface area contributed by atoms with Gasteiger partial charge in [0.05, 0.1) is 25.3 Å². The monoisotopic (exact) mass is 399 g/mol. The van der Waals surface area contributed by atoms with E-state index in [9.17, 15) is 14.4 Å². The molecule has 7 nitrogen and oxygen atoms in total. The van der Waals surface area contributed by atoms with Gasteiger partial charge in [0.15, 0.2) is 6.61 Å². The predicted octanol–water partition coefficient (Wildman–Crippen LogP) is 3.71. The Morgan fingerprint density at radius 3 is 2.03 bits per heavy atom. The number of nitrogens with one attached hydrogen (secondary N) is 1. The highest BCUT2D eigenvalue weighted by molar-refractivity contribution is 5.99. The summed E-state index contributed by atoms with van der Waals surface area (Å²) in [5.74, 6) is -0.812. The van der Waals surface area contributed by atoms with Crippen molar-refractivity contribution in [3.05, 3.63) is 58.7 Å². The first-order chi connectivity index (χ1) is 13.7. The number of esters is 2. The van der Waals surface area contributed by atoms with Crippen LogP contribution in [0.4, 0.5) is 5.69 Å². The van der Waals surface area contributed by atoms with Crippen LogP contribution in [-0.2, 0) is 14.3 Å². The average molecular weight is 399 g/mol. The van der Waals surface area contributed by atoms with E-state index in [1.807, 2.05) is 39.0 Å². The Morgan fingerprint density at radius 2 is 1.52 bits per heavy atom. The lowest BCUT2D eigenvalue weighted by molar-refractivity contribution is -0.118. The Morgan fingerprint density at radius 1 is 0.931 bits per heavy atom. The molecule has 0 aliphatic rings. The molecule has 0 aliphatic carbocycles. The van der Waals surface area contributed by atoms with Crippen LogP contribution in [0, 0.1) is 6.92 Å². The van der Waals surface area contributed by atoms with E-state index in [0.29, 0.717) is 5.75 Å². The molecule has 0 atom stereocenters. The molecule has 0 spiro atoms. The summed E-state index contributed by atoms with van der Waals surface area (Å²) in [5.41, 5.74) is 2.53. The fourth-order valence-electron chi connectivity index (χ4n) is 2.76. The molecular weight excluding hydrogens is 374 g/mol. The Balaban J connectivity index is 2.17. The number of amides is 1. The molecular formula is C22H25NO6. The second kappa shape index (κ2) is 9.73. The van der Waals surface area contributed by atoms with Gasteiger partial charge in [0.25, 0.3) is 5.91 Å². The molecule has 0 saturated carbocycles. The van der Waals surface area contributed by atoms with Gasteiger partial charge in [0, 0.05) is 5.69 Å². The second-order valence-corrected chi connectivity index (χ2v) is 6.82. The van der Waals surface area contributed by atoms with Crippen molar-refractivity contribution in [2.24, 2.45) is 0 Å². The third kappa shape index (κ3) is 5.81. The largest absolute Gasteiger partial charge is 0.483 e. The number of benzene rings is 2. The Labute approximate surface area is 170 Å². The second-order valence-electron chi connectivity index (χ2n) is 6.82. The van der Waals surface area contributed by atoms with Gasteiger partial charge in [-0.15, -0.1) is 0 Å². The molecule has 1 N–H and O–H groups in total. The molecule has 0 aliphatic heterocycles. The van der Waals surface area contributed by atoms with Gasteiger partial charge in [-0.25, -0.2) is 9.59 Å². The van der Waals surface area contributed by atoms with E-state index in [0.717, 1.165) is 11.1 Å². The molecule has 7 heteroatoms. The number of ether oxygens (including phenoxy) is 3. The van der Waals surface area contributed by atoms with Crippen molar-refractivity contribution < 1.29 is 28.6 Å². The van der Waals surface area contributed by atoms with Gasteiger partial charge in [-0.2, -0.15) is 0 Å². The standard InChI is InChI=1S/C22H25NO6/c1-13(2)18-7-6-14(3)8-19(18)29-12-20(24)23-17-10-15(21(25)27-4)9-16(11-17)22(26)28-5/h6-11,13H,12H2,1-5H3,(H,23,24). The molecule has 0 radical (unpaired) electrons. The Bertz CT molecular complexity index is 885. The van der Waals surface area contributed by atoms with Crippen LogP contribution in [0.2, 0.25) is 0 Å². The van der Waals surface area contributed by atoms with Crippen molar-refractivity contribution in [1.29, 1.82) is 0 Å². The summed E-state index contributed by atoms with van der Waals surface area (Å²) in [6.45, 7) is 5.82. The third-order valence-electron chi connectivity index (χ3n) is 4.21. The summed E-state index contributed by atoms with van der Waals surface area (Å²) in [4.78, 5) is 36.1. The normalized spacial score (nSPS) is 10.4. The van der Waals surface area contributed by atoms with Crippen LogP contribution in [-0.4, -0.2) is 38.7 Å². The van der Waals surface area contributed by atoms with E-state index < -0.39 is 17.8 Å². The van der Waals surface area contributed by atoms with Crippen molar-refractivity contribution in [3.63, 3.8) is 0 Å². The zero-order valence-electron chi connectivity index (χ0n) is 17.2. The quantitative estimate of drug-likeness (QED) is 0.714. The summed E-state index contributed by atoms with van der Waals surface area (Å²) in [6.07, 6.45) is 0. The SMILES string of the molecule is COC(=O)c1cc(NC(=O)COc2cc(C)ccc2C(C)C)cc(C(=O)OC)c1. The smallest absolute Gasteiger partial charge is 0.337 e. The molecule has 0 fully saturated rings. The van der Waals surface area contributed by atoms with Crippen molar-refractivity contribution >= 4 is 23.5 Å². The molecule has 2 rings (SSSR count). The van der Waals surface area contributed by atoms with Crippen LogP contribution >= 0.6 is 0 Å². The molecule has 1 amide bonds. The predicted molar refractivity (Wildman–Crippen MR) is 109 cm³/mol. The maximum absolute atomic E-state index is 12.4. The Kier molecular flexibility index (Phi) is 7.36.